The van der Waals surface area contributed by atoms with Gasteiger partial charge in [-0.2, -0.15) is 0 Å². The van der Waals surface area contributed by atoms with E-state index < -0.39 is 6.43 Å². The summed E-state index contributed by atoms with van der Waals surface area (Å²) in [4.78, 5) is 0. The van der Waals surface area contributed by atoms with Crippen LogP contribution in [-0.4, -0.2) is 0 Å². The Morgan fingerprint density at radius 3 is 1.89 bits per heavy atom. The van der Waals surface area contributed by atoms with Crippen LogP contribution in [0.15, 0.2) is 36.4 Å². The Labute approximate surface area is 118 Å². The average Bonchev–Trinajstić information content (AvgIpc) is 2.26. The quantitative estimate of drug-likeness (QED) is 0.615. The van der Waals surface area contributed by atoms with Gasteiger partial charge >= 0.3 is 0 Å². The zero-order valence-corrected chi connectivity index (χ0v) is 11.2. The van der Waals surface area contributed by atoms with Gasteiger partial charge in [-0.05, 0) is 35.4 Å². The Morgan fingerprint density at radius 1 is 0.778 bits per heavy atom. The lowest BCUT2D eigenvalue weighted by Crippen LogP contribution is -1.87. The van der Waals surface area contributed by atoms with Gasteiger partial charge in [0.05, 0.1) is 5.02 Å². The van der Waals surface area contributed by atoms with Crippen LogP contribution in [0.1, 0.15) is 12.0 Å². The minimum absolute atomic E-state index is 0.0265. The van der Waals surface area contributed by atoms with E-state index in [-0.39, 0.29) is 10.6 Å². The first kappa shape index (κ1) is 13.6. The molecule has 0 saturated carbocycles. The van der Waals surface area contributed by atoms with Gasteiger partial charge in [-0.3, -0.25) is 0 Å². The van der Waals surface area contributed by atoms with Crippen LogP contribution in [0.5, 0.6) is 0 Å². The van der Waals surface area contributed by atoms with Crippen molar-refractivity contribution in [3.63, 3.8) is 0 Å². The maximum Gasteiger partial charge on any atom is 0.265 e. The number of rotatable bonds is 2. The second-order valence-corrected chi connectivity index (χ2v) is 4.98. The first-order valence-electron chi connectivity index (χ1n) is 5.01. The van der Waals surface area contributed by atoms with Crippen molar-refractivity contribution in [2.75, 3.05) is 0 Å². The summed E-state index contributed by atoms with van der Waals surface area (Å²) in [6, 6.07) is 9.33. The van der Waals surface area contributed by atoms with Crippen molar-refractivity contribution >= 4 is 34.8 Å². The SMILES string of the molecule is FC(F)c1ccc(-c2cc(Cl)cc(Cl)c2)cc1Cl. The minimum Gasteiger partial charge on any atom is -0.205 e. The Bertz CT molecular complexity index is 562. The summed E-state index contributed by atoms with van der Waals surface area (Å²) in [7, 11) is 0. The maximum atomic E-state index is 12.6. The Balaban J connectivity index is 2.48. The molecule has 0 unspecified atom stereocenters. The molecular weight excluding hydrogens is 300 g/mol. The molecule has 0 N–H and O–H groups in total. The molecule has 0 aliphatic heterocycles. The highest BCUT2D eigenvalue weighted by Gasteiger charge is 2.12. The van der Waals surface area contributed by atoms with E-state index in [1.54, 1.807) is 24.3 Å². The van der Waals surface area contributed by atoms with E-state index in [9.17, 15) is 8.78 Å². The topological polar surface area (TPSA) is 0 Å². The van der Waals surface area contributed by atoms with Crippen molar-refractivity contribution < 1.29 is 8.78 Å². The van der Waals surface area contributed by atoms with Crippen LogP contribution in [0.3, 0.4) is 0 Å². The van der Waals surface area contributed by atoms with Crippen LogP contribution >= 0.6 is 34.8 Å². The lowest BCUT2D eigenvalue weighted by Gasteiger charge is -2.07. The third-order valence-electron chi connectivity index (χ3n) is 2.43. The van der Waals surface area contributed by atoms with Crippen LogP contribution in [0, 0.1) is 0 Å². The van der Waals surface area contributed by atoms with Crippen molar-refractivity contribution in [3.8, 4) is 11.1 Å². The highest BCUT2D eigenvalue weighted by Crippen LogP contribution is 2.33. The van der Waals surface area contributed by atoms with Gasteiger partial charge in [-0.25, -0.2) is 8.78 Å². The molecule has 18 heavy (non-hydrogen) atoms. The van der Waals surface area contributed by atoms with Gasteiger partial charge < -0.3 is 0 Å². The molecule has 0 aliphatic rings. The van der Waals surface area contributed by atoms with Crippen molar-refractivity contribution in [2.24, 2.45) is 0 Å². The van der Waals surface area contributed by atoms with Crippen molar-refractivity contribution in [2.45, 2.75) is 6.43 Å². The molecule has 0 saturated heterocycles. The molecule has 2 aromatic carbocycles. The highest BCUT2D eigenvalue weighted by molar-refractivity contribution is 6.35. The fourth-order valence-corrected chi connectivity index (χ4v) is 2.39. The molecule has 0 aliphatic carbocycles. The molecule has 0 fully saturated rings. The molecule has 0 nitrogen and oxygen atoms in total. The van der Waals surface area contributed by atoms with Gasteiger partial charge in [0.1, 0.15) is 0 Å². The van der Waals surface area contributed by atoms with Crippen LogP contribution in [-0.2, 0) is 0 Å². The van der Waals surface area contributed by atoms with E-state index in [4.69, 9.17) is 34.8 Å². The molecule has 0 aromatic heterocycles. The molecule has 0 spiro atoms. The number of hydrogen-bond donors (Lipinski definition) is 0. The average molecular weight is 308 g/mol. The first-order valence-corrected chi connectivity index (χ1v) is 6.15. The summed E-state index contributed by atoms with van der Waals surface area (Å²) in [5, 5.41) is 0.983. The fourth-order valence-electron chi connectivity index (χ4n) is 1.60. The molecule has 0 amide bonds. The van der Waals surface area contributed by atoms with Crippen LogP contribution < -0.4 is 0 Å². The Kier molecular flexibility index (Phi) is 4.10. The van der Waals surface area contributed by atoms with E-state index in [1.165, 1.54) is 12.1 Å². The van der Waals surface area contributed by atoms with E-state index in [1.807, 2.05) is 0 Å². The molecular formula is C13H7Cl3F2. The van der Waals surface area contributed by atoms with Crippen LogP contribution in [0.25, 0.3) is 11.1 Å². The third kappa shape index (κ3) is 2.94. The molecule has 0 radical (unpaired) electrons. The predicted molar refractivity (Wildman–Crippen MR) is 71.9 cm³/mol. The smallest absolute Gasteiger partial charge is 0.205 e. The van der Waals surface area contributed by atoms with E-state index in [0.29, 0.717) is 15.6 Å². The monoisotopic (exact) mass is 306 g/mol. The molecule has 94 valence electrons. The molecule has 0 atom stereocenters. The second-order valence-electron chi connectivity index (χ2n) is 3.70. The van der Waals surface area contributed by atoms with Gasteiger partial charge in [0.25, 0.3) is 6.43 Å². The second kappa shape index (κ2) is 5.43. The Hall–Kier alpha value is -0.830. The maximum absolute atomic E-state index is 12.6. The largest absolute Gasteiger partial charge is 0.265 e. The molecule has 5 heteroatoms. The molecule has 0 heterocycles. The number of alkyl halides is 2. The summed E-state index contributed by atoms with van der Waals surface area (Å²) < 4.78 is 25.1. The van der Waals surface area contributed by atoms with Crippen molar-refractivity contribution in [3.05, 3.63) is 57.0 Å². The normalized spacial score (nSPS) is 11.0. The highest BCUT2D eigenvalue weighted by atomic mass is 35.5. The van der Waals surface area contributed by atoms with Gasteiger partial charge in [0.15, 0.2) is 0 Å². The lowest BCUT2D eigenvalue weighted by atomic mass is 10.0. The number of halogens is 5. The van der Waals surface area contributed by atoms with E-state index in [0.717, 1.165) is 5.56 Å². The zero-order chi connectivity index (χ0) is 13.3. The molecule has 2 rings (SSSR count). The lowest BCUT2D eigenvalue weighted by molar-refractivity contribution is 0.151. The summed E-state index contributed by atoms with van der Waals surface area (Å²) >= 11 is 17.6. The van der Waals surface area contributed by atoms with Gasteiger partial charge in [0, 0.05) is 15.6 Å². The first-order chi connectivity index (χ1) is 8.47. The fraction of sp³-hybridized carbons (Fsp3) is 0.0769. The van der Waals surface area contributed by atoms with Crippen molar-refractivity contribution in [1.29, 1.82) is 0 Å². The van der Waals surface area contributed by atoms with Gasteiger partial charge in [-0.15, -0.1) is 0 Å². The van der Waals surface area contributed by atoms with Gasteiger partial charge in [-0.1, -0.05) is 46.9 Å². The Morgan fingerprint density at radius 2 is 1.39 bits per heavy atom. The van der Waals surface area contributed by atoms with Crippen LogP contribution in [0.2, 0.25) is 15.1 Å². The molecule has 0 bridgehead atoms. The molecule has 2 aromatic rings. The predicted octanol–water partition coefficient (Wildman–Crippen LogP) is 6.25. The number of benzene rings is 2. The van der Waals surface area contributed by atoms with E-state index in [2.05, 4.69) is 0 Å². The van der Waals surface area contributed by atoms with Gasteiger partial charge in [0.2, 0.25) is 0 Å². The summed E-state index contributed by atoms with van der Waals surface area (Å²) in [6.45, 7) is 0. The summed E-state index contributed by atoms with van der Waals surface area (Å²) in [6.07, 6.45) is -2.59. The van der Waals surface area contributed by atoms with E-state index >= 15 is 0 Å². The zero-order valence-electron chi connectivity index (χ0n) is 8.93. The van der Waals surface area contributed by atoms with Crippen molar-refractivity contribution in [1.82, 2.24) is 0 Å². The summed E-state index contributed by atoms with van der Waals surface area (Å²) in [5.41, 5.74) is 1.23. The summed E-state index contributed by atoms with van der Waals surface area (Å²) in [5.74, 6) is 0. The number of hydrogen-bond acceptors (Lipinski definition) is 0. The standard InChI is InChI=1S/C13H7Cl3F2/c14-9-3-8(4-10(15)6-9)7-1-2-11(13(17)18)12(16)5-7/h1-6,13H. The minimum atomic E-state index is -2.59. The third-order valence-corrected chi connectivity index (χ3v) is 3.20. The van der Waals surface area contributed by atoms with Crippen LogP contribution in [0.4, 0.5) is 8.78 Å².